The monoisotopic (exact) mass is 246 g/mol. The number of benzene rings is 1. The molecule has 2 amide bonds. The predicted molar refractivity (Wildman–Crippen MR) is 73.8 cm³/mol. The molecule has 2 rings (SSSR count). The van der Waals surface area contributed by atoms with Crippen LogP contribution in [0.25, 0.3) is 0 Å². The second-order valence-electron chi connectivity index (χ2n) is 5.26. The fourth-order valence-corrected chi connectivity index (χ4v) is 2.18. The second kappa shape index (κ2) is 5.42. The number of rotatable bonds is 5. The smallest absolute Gasteiger partial charge is 0.314 e. The summed E-state index contributed by atoms with van der Waals surface area (Å²) < 4.78 is 0. The summed E-state index contributed by atoms with van der Waals surface area (Å²) in [6.45, 7) is 5.63. The van der Waals surface area contributed by atoms with Crippen molar-refractivity contribution in [3.63, 3.8) is 0 Å². The SMILES string of the molecule is CCCNC(=O)NCC1(c2ccc(C)cc2)CC1. The molecule has 18 heavy (non-hydrogen) atoms. The van der Waals surface area contributed by atoms with Crippen LogP contribution in [0, 0.1) is 6.92 Å². The van der Waals surface area contributed by atoms with Gasteiger partial charge in [-0.15, -0.1) is 0 Å². The highest BCUT2D eigenvalue weighted by Crippen LogP contribution is 2.47. The summed E-state index contributed by atoms with van der Waals surface area (Å²) in [6, 6.07) is 8.62. The van der Waals surface area contributed by atoms with Gasteiger partial charge in [0.15, 0.2) is 0 Å². The third-order valence-corrected chi connectivity index (χ3v) is 3.64. The number of amides is 2. The highest BCUT2D eigenvalue weighted by molar-refractivity contribution is 5.74. The molecule has 1 fully saturated rings. The van der Waals surface area contributed by atoms with Crippen LogP contribution in [0.1, 0.15) is 37.3 Å². The van der Waals surface area contributed by atoms with Gasteiger partial charge >= 0.3 is 6.03 Å². The first-order valence-corrected chi connectivity index (χ1v) is 6.75. The predicted octanol–water partition coefficient (Wildman–Crippen LogP) is 2.74. The Labute approximate surface area is 109 Å². The van der Waals surface area contributed by atoms with Crippen molar-refractivity contribution in [2.75, 3.05) is 13.1 Å². The first kappa shape index (κ1) is 12.9. The van der Waals surface area contributed by atoms with Gasteiger partial charge in [-0.1, -0.05) is 36.8 Å². The molecule has 1 aromatic rings. The molecule has 0 atom stereocenters. The van der Waals surface area contributed by atoms with Gasteiger partial charge in [-0.2, -0.15) is 0 Å². The van der Waals surface area contributed by atoms with E-state index in [0.717, 1.165) is 19.5 Å². The van der Waals surface area contributed by atoms with E-state index in [-0.39, 0.29) is 11.4 Å². The van der Waals surface area contributed by atoms with E-state index in [1.165, 1.54) is 24.0 Å². The van der Waals surface area contributed by atoms with E-state index in [1.807, 2.05) is 0 Å². The Kier molecular flexibility index (Phi) is 3.90. The minimum absolute atomic E-state index is 0.0461. The summed E-state index contributed by atoms with van der Waals surface area (Å²) in [6.07, 6.45) is 3.31. The van der Waals surface area contributed by atoms with Crippen LogP contribution in [-0.2, 0) is 5.41 Å². The Balaban J connectivity index is 1.88. The molecule has 0 heterocycles. The van der Waals surface area contributed by atoms with Gasteiger partial charge in [0.2, 0.25) is 0 Å². The summed E-state index contributed by atoms with van der Waals surface area (Å²) in [5, 5.41) is 5.83. The van der Waals surface area contributed by atoms with Gasteiger partial charge in [-0.25, -0.2) is 4.79 Å². The molecule has 2 N–H and O–H groups in total. The molecule has 0 bridgehead atoms. The number of carbonyl (C=O) groups is 1. The van der Waals surface area contributed by atoms with Crippen molar-refractivity contribution >= 4 is 6.03 Å². The second-order valence-corrected chi connectivity index (χ2v) is 5.26. The van der Waals surface area contributed by atoms with Gasteiger partial charge < -0.3 is 10.6 Å². The van der Waals surface area contributed by atoms with Crippen molar-refractivity contribution < 1.29 is 4.79 Å². The highest BCUT2D eigenvalue weighted by atomic mass is 16.2. The molecule has 0 aliphatic heterocycles. The lowest BCUT2D eigenvalue weighted by Gasteiger charge is -2.17. The van der Waals surface area contributed by atoms with Gasteiger partial charge in [-0.3, -0.25) is 0 Å². The van der Waals surface area contributed by atoms with Gasteiger partial charge in [0.25, 0.3) is 0 Å². The van der Waals surface area contributed by atoms with Gasteiger partial charge in [0.1, 0.15) is 0 Å². The van der Waals surface area contributed by atoms with Crippen LogP contribution in [0.15, 0.2) is 24.3 Å². The van der Waals surface area contributed by atoms with E-state index in [4.69, 9.17) is 0 Å². The van der Waals surface area contributed by atoms with Gasteiger partial charge in [-0.05, 0) is 31.7 Å². The van der Waals surface area contributed by atoms with Crippen LogP contribution in [0.2, 0.25) is 0 Å². The van der Waals surface area contributed by atoms with Crippen molar-refractivity contribution in [1.29, 1.82) is 0 Å². The molecule has 0 spiro atoms. The lowest BCUT2D eigenvalue weighted by molar-refractivity contribution is 0.240. The molecule has 0 aromatic heterocycles. The van der Waals surface area contributed by atoms with E-state index in [1.54, 1.807) is 0 Å². The summed E-state index contributed by atoms with van der Waals surface area (Å²) in [5.74, 6) is 0. The van der Waals surface area contributed by atoms with Crippen molar-refractivity contribution in [3.8, 4) is 0 Å². The number of urea groups is 1. The van der Waals surface area contributed by atoms with E-state index in [2.05, 4.69) is 48.7 Å². The molecule has 1 saturated carbocycles. The first-order chi connectivity index (χ1) is 8.66. The van der Waals surface area contributed by atoms with Gasteiger partial charge in [0.05, 0.1) is 0 Å². The maximum atomic E-state index is 11.5. The average molecular weight is 246 g/mol. The van der Waals surface area contributed by atoms with Crippen LogP contribution in [-0.4, -0.2) is 19.1 Å². The third-order valence-electron chi connectivity index (χ3n) is 3.64. The molecule has 0 radical (unpaired) electrons. The van der Waals surface area contributed by atoms with Crippen LogP contribution in [0.5, 0.6) is 0 Å². The Hall–Kier alpha value is -1.51. The van der Waals surface area contributed by atoms with Crippen molar-refractivity contribution in [2.45, 2.75) is 38.5 Å². The first-order valence-electron chi connectivity index (χ1n) is 6.75. The molecule has 3 nitrogen and oxygen atoms in total. The molecule has 1 aliphatic carbocycles. The van der Waals surface area contributed by atoms with Crippen LogP contribution < -0.4 is 10.6 Å². The fraction of sp³-hybridized carbons (Fsp3) is 0.533. The minimum Gasteiger partial charge on any atom is -0.338 e. The lowest BCUT2D eigenvalue weighted by Crippen LogP contribution is -2.40. The molecule has 1 aliphatic rings. The number of aryl methyl sites for hydroxylation is 1. The topological polar surface area (TPSA) is 41.1 Å². The zero-order valence-corrected chi connectivity index (χ0v) is 11.3. The maximum Gasteiger partial charge on any atom is 0.314 e. The van der Waals surface area contributed by atoms with E-state index in [9.17, 15) is 4.79 Å². The molecular formula is C15H22N2O. The van der Waals surface area contributed by atoms with Crippen LogP contribution in [0.4, 0.5) is 4.79 Å². The zero-order chi connectivity index (χ0) is 13.0. The van der Waals surface area contributed by atoms with E-state index in [0.29, 0.717) is 0 Å². The summed E-state index contributed by atoms with van der Waals surface area (Å²) in [7, 11) is 0. The van der Waals surface area contributed by atoms with Crippen molar-refractivity contribution in [1.82, 2.24) is 10.6 Å². The lowest BCUT2D eigenvalue weighted by atomic mass is 9.95. The highest BCUT2D eigenvalue weighted by Gasteiger charge is 2.44. The minimum atomic E-state index is -0.0461. The molecule has 98 valence electrons. The molecule has 3 heteroatoms. The average Bonchev–Trinajstić information content (AvgIpc) is 3.16. The number of hydrogen-bond acceptors (Lipinski definition) is 1. The third kappa shape index (κ3) is 3.03. The number of hydrogen-bond donors (Lipinski definition) is 2. The van der Waals surface area contributed by atoms with Gasteiger partial charge in [0, 0.05) is 18.5 Å². The maximum absolute atomic E-state index is 11.5. The van der Waals surface area contributed by atoms with E-state index < -0.39 is 0 Å². The summed E-state index contributed by atoms with van der Waals surface area (Å²) in [4.78, 5) is 11.5. The summed E-state index contributed by atoms with van der Waals surface area (Å²) in [5.41, 5.74) is 2.82. The Morgan fingerprint density at radius 2 is 1.89 bits per heavy atom. The largest absolute Gasteiger partial charge is 0.338 e. The Bertz CT molecular complexity index is 407. The van der Waals surface area contributed by atoms with Crippen LogP contribution in [0.3, 0.4) is 0 Å². The number of carbonyl (C=O) groups excluding carboxylic acids is 1. The molecule has 0 saturated heterocycles. The van der Waals surface area contributed by atoms with Crippen molar-refractivity contribution in [3.05, 3.63) is 35.4 Å². The van der Waals surface area contributed by atoms with E-state index >= 15 is 0 Å². The molecule has 1 aromatic carbocycles. The Morgan fingerprint density at radius 3 is 2.44 bits per heavy atom. The van der Waals surface area contributed by atoms with Crippen molar-refractivity contribution in [2.24, 2.45) is 0 Å². The quantitative estimate of drug-likeness (QED) is 0.824. The summed E-state index contributed by atoms with van der Waals surface area (Å²) >= 11 is 0. The molecule has 0 unspecified atom stereocenters. The standard InChI is InChI=1S/C15H22N2O/c1-3-10-16-14(18)17-11-15(8-9-15)13-6-4-12(2)5-7-13/h4-7H,3,8-11H2,1-2H3,(H2,16,17,18). The Morgan fingerprint density at radius 1 is 1.22 bits per heavy atom. The number of nitrogens with one attached hydrogen (secondary N) is 2. The molecular weight excluding hydrogens is 224 g/mol. The van der Waals surface area contributed by atoms with Crippen LogP contribution >= 0.6 is 0 Å². The normalized spacial score (nSPS) is 16.1. The zero-order valence-electron chi connectivity index (χ0n) is 11.3. The fourth-order valence-electron chi connectivity index (χ4n) is 2.18.